The third-order valence-corrected chi connectivity index (χ3v) is 3.55. The van der Waals surface area contributed by atoms with Gasteiger partial charge in [-0.2, -0.15) is 0 Å². The van der Waals surface area contributed by atoms with E-state index in [-0.39, 0.29) is 9.50 Å². The molecule has 0 spiro atoms. The predicted octanol–water partition coefficient (Wildman–Crippen LogP) is 2.65. The van der Waals surface area contributed by atoms with Crippen molar-refractivity contribution in [2.45, 2.75) is 4.90 Å². The van der Waals surface area contributed by atoms with Gasteiger partial charge in [0.25, 0.3) is 0 Å². The minimum Gasteiger partial charge on any atom is -0.224 e. The van der Waals surface area contributed by atoms with Crippen molar-refractivity contribution >= 4 is 37.4 Å². The summed E-state index contributed by atoms with van der Waals surface area (Å²) in [6.45, 7) is 0. The molecular formula is C7H5BrClFO2S. The lowest BCUT2D eigenvalue weighted by Gasteiger charge is -2.04. The Morgan fingerprint density at radius 2 is 2.00 bits per heavy atom. The molecule has 0 aliphatic carbocycles. The molecule has 72 valence electrons. The van der Waals surface area contributed by atoms with Crippen LogP contribution in [0.2, 0.25) is 5.02 Å². The molecule has 0 atom stereocenters. The van der Waals surface area contributed by atoms with Gasteiger partial charge in [-0.3, -0.25) is 0 Å². The average molecular weight is 288 g/mol. The topological polar surface area (TPSA) is 34.1 Å². The zero-order chi connectivity index (χ0) is 10.2. The summed E-state index contributed by atoms with van der Waals surface area (Å²) in [5.74, 6) is -0.852. The molecule has 0 aliphatic heterocycles. The van der Waals surface area contributed by atoms with Gasteiger partial charge in [0, 0.05) is 6.26 Å². The highest BCUT2D eigenvalue weighted by Gasteiger charge is 2.19. The van der Waals surface area contributed by atoms with Crippen LogP contribution in [0.15, 0.2) is 21.5 Å². The Kier molecular flexibility index (Phi) is 2.99. The van der Waals surface area contributed by atoms with Crippen LogP contribution in [0.3, 0.4) is 0 Å². The van der Waals surface area contributed by atoms with Crippen molar-refractivity contribution in [3.05, 3.63) is 27.4 Å². The van der Waals surface area contributed by atoms with Gasteiger partial charge < -0.3 is 0 Å². The number of hydrogen-bond acceptors (Lipinski definition) is 2. The molecule has 0 saturated heterocycles. The van der Waals surface area contributed by atoms with Crippen molar-refractivity contribution in [3.63, 3.8) is 0 Å². The van der Waals surface area contributed by atoms with Crippen LogP contribution in [0, 0.1) is 5.82 Å². The molecule has 0 N–H and O–H groups in total. The van der Waals surface area contributed by atoms with Gasteiger partial charge in [-0.25, -0.2) is 12.8 Å². The van der Waals surface area contributed by atoms with Crippen molar-refractivity contribution in [1.29, 1.82) is 0 Å². The first kappa shape index (κ1) is 10.9. The monoisotopic (exact) mass is 286 g/mol. The highest BCUT2D eigenvalue weighted by Crippen LogP contribution is 2.29. The Labute approximate surface area is 88.8 Å². The lowest BCUT2D eigenvalue weighted by molar-refractivity contribution is 0.567. The summed E-state index contributed by atoms with van der Waals surface area (Å²) in [4.78, 5) is -0.469. The first-order valence-corrected chi connectivity index (χ1v) is 6.24. The molecular weight excluding hydrogens is 282 g/mol. The number of hydrogen-bond donors (Lipinski definition) is 0. The van der Waals surface area contributed by atoms with E-state index in [0.29, 0.717) is 0 Å². The van der Waals surface area contributed by atoms with Crippen molar-refractivity contribution in [1.82, 2.24) is 0 Å². The van der Waals surface area contributed by atoms with E-state index >= 15 is 0 Å². The summed E-state index contributed by atoms with van der Waals surface area (Å²) < 4.78 is 35.5. The Morgan fingerprint density at radius 1 is 1.46 bits per heavy atom. The smallest absolute Gasteiger partial charge is 0.179 e. The summed E-state index contributed by atoms with van der Waals surface area (Å²) in [5, 5.41) is -0.108. The van der Waals surface area contributed by atoms with Crippen LogP contribution >= 0.6 is 27.5 Å². The lowest BCUT2D eigenvalue weighted by Crippen LogP contribution is -2.02. The molecule has 0 amide bonds. The Morgan fingerprint density at radius 3 is 2.38 bits per heavy atom. The number of rotatable bonds is 1. The maximum absolute atomic E-state index is 13.2. The van der Waals surface area contributed by atoms with E-state index in [4.69, 9.17) is 11.6 Å². The molecule has 0 unspecified atom stereocenters. The highest BCUT2D eigenvalue weighted by atomic mass is 79.9. The summed E-state index contributed by atoms with van der Waals surface area (Å²) in [7, 11) is -3.62. The zero-order valence-electron chi connectivity index (χ0n) is 6.51. The Bertz CT molecular complexity index is 444. The number of sulfone groups is 1. The fraction of sp³-hybridized carbons (Fsp3) is 0.143. The maximum Gasteiger partial charge on any atom is 0.179 e. The second-order valence-corrected chi connectivity index (χ2v) is 5.66. The van der Waals surface area contributed by atoms with E-state index in [0.717, 1.165) is 6.26 Å². The van der Waals surface area contributed by atoms with E-state index in [1.807, 2.05) is 0 Å². The first-order valence-electron chi connectivity index (χ1n) is 3.17. The predicted molar refractivity (Wildman–Crippen MR) is 52.2 cm³/mol. The van der Waals surface area contributed by atoms with Gasteiger partial charge >= 0.3 is 0 Å². The molecule has 1 aromatic rings. The van der Waals surface area contributed by atoms with Crippen molar-refractivity contribution in [3.8, 4) is 0 Å². The SMILES string of the molecule is CS(=O)(=O)c1c(Cl)ccc(Br)c1F. The third kappa shape index (κ3) is 2.21. The van der Waals surface area contributed by atoms with E-state index in [1.165, 1.54) is 12.1 Å². The molecule has 0 fully saturated rings. The van der Waals surface area contributed by atoms with E-state index in [9.17, 15) is 12.8 Å². The molecule has 0 aromatic heterocycles. The second-order valence-electron chi connectivity index (χ2n) is 2.44. The fourth-order valence-corrected chi connectivity index (χ4v) is 2.73. The second kappa shape index (κ2) is 3.55. The number of benzene rings is 1. The van der Waals surface area contributed by atoms with E-state index < -0.39 is 20.5 Å². The Hall–Kier alpha value is -0.130. The quantitative estimate of drug-likeness (QED) is 0.744. The van der Waals surface area contributed by atoms with Gasteiger partial charge in [-0.05, 0) is 28.1 Å². The summed E-state index contributed by atoms with van der Waals surface area (Å²) in [6, 6.07) is 2.68. The standard InChI is InChI=1S/C7H5BrClFO2S/c1-13(11,12)7-5(9)3-2-4(8)6(7)10/h2-3H,1H3. The summed E-state index contributed by atoms with van der Waals surface area (Å²) in [6.07, 6.45) is 0.906. The fourth-order valence-electron chi connectivity index (χ4n) is 0.848. The van der Waals surface area contributed by atoms with Gasteiger partial charge in [0.05, 0.1) is 9.50 Å². The van der Waals surface area contributed by atoms with Crippen molar-refractivity contribution in [2.24, 2.45) is 0 Å². The maximum atomic E-state index is 13.2. The van der Waals surface area contributed by atoms with Crippen LogP contribution in [-0.2, 0) is 9.84 Å². The van der Waals surface area contributed by atoms with Gasteiger partial charge in [-0.1, -0.05) is 11.6 Å². The summed E-state index contributed by atoms with van der Waals surface area (Å²) in [5.41, 5.74) is 0. The molecule has 0 bridgehead atoms. The molecule has 13 heavy (non-hydrogen) atoms. The molecule has 2 nitrogen and oxygen atoms in total. The average Bonchev–Trinajstić information content (AvgIpc) is 1.95. The molecule has 0 aliphatic rings. The van der Waals surface area contributed by atoms with Gasteiger partial charge in [-0.15, -0.1) is 0 Å². The lowest BCUT2D eigenvalue weighted by atomic mass is 10.3. The molecule has 1 aromatic carbocycles. The van der Waals surface area contributed by atoms with Crippen molar-refractivity contribution < 1.29 is 12.8 Å². The van der Waals surface area contributed by atoms with Crippen molar-refractivity contribution in [2.75, 3.05) is 6.26 Å². The van der Waals surface area contributed by atoms with Crippen LogP contribution in [0.4, 0.5) is 4.39 Å². The molecule has 0 saturated carbocycles. The van der Waals surface area contributed by atoms with E-state index in [1.54, 1.807) is 0 Å². The molecule has 0 radical (unpaired) electrons. The molecule has 1 rings (SSSR count). The van der Waals surface area contributed by atoms with Gasteiger partial charge in [0.15, 0.2) is 15.7 Å². The number of halogens is 3. The van der Waals surface area contributed by atoms with Crippen LogP contribution in [0.1, 0.15) is 0 Å². The first-order chi connectivity index (χ1) is 5.84. The van der Waals surface area contributed by atoms with E-state index in [2.05, 4.69) is 15.9 Å². The largest absolute Gasteiger partial charge is 0.224 e. The minimum atomic E-state index is -3.62. The van der Waals surface area contributed by atoms with Gasteiger partial charge in [0.1, 0.15) is 4.90 Å². The van der Waals surface area contributed by atoms with Gasteiger partial charge in [0.2, 0.25) is 0 Å². The molecule has 6 heteroatoms. The highest BCUT2D eigenvalue weighted by molar-refractivity contribution is 9.10. The summed E-state index contributed by atoms with van der Waals surface area (Å²) >= 11 is 8.42. The minimum absolute atomic E-state index is 0.0809. The Balaban J connectivity index is 3.62. The normalized spacial score (nSPS) is 11.7. The van der Waals surface area contributed by atoms with Crippen LogP contribution in [0.5, 0.6) is 0 Å². The zero-order valence-corrected chi connectivity index (χ0v) is 9.67. The molecule has 0 heterocycles. The van der Waals surface area contributed by atoms with Crippen LogP contribution < -0.4 is 0 Å². The van der Waals surface area contributed by atoms with Crippen LogP contribution in [0.25, 0.3) is 0 Å². The third-order valence-electron chi connectivity index (χ3n) is 1.37. The van der Waals surface area contributed by atoms with Crippen LogP contribution in [-0.4, -0.2) is 14.7 Å².